The number of amides is 1. The number of hydrogen-bond acceptors (Lipinski definition) is 2. The van der Waals surface area contributed by atoms with Crippen molar-refractivity contribution in [3.8, 4) is 0 Å². The van der Waals surface area contributed by atoms with Gasteiger partial charge in [-0.25, -0.2) is 0 Å². The standard InChI is InChI=1S/C12H17NO2/c1-3-9(4-2)12(15)13-10-7-5-6-8-11(10)14/h3,10-11,14H,1-2,5-8H2,(H,13,15). The third kappa shape index (κ3) is 3.08. The first-order valence-electron chi connectivity index (χ1n) is 5.20. The molecular weight excluding hydrogens is 190 g/mol. The van der Waals surface area contributed by atoms with Gasteiger partial charge in [0.05, 0.1) is 17.7 Å². The summed E-state index contributed by atoms with van der Waals surface area (Å²) in [7, 11) is 0. The van der Waals surface area contributed by atoms with Gasteiger partial charge in [0.2, 0.25) is 0 Å². The second-order valence-corrected chi connectivity index (χ2v) is 3.73. The van der Waals surface area contributed by atoms with Crippen LogP contribution in [0.5, 0.6) is 0 Å². The molecule has 0 heterocycles. The van der Waals surface area contributed by atoms with Gasteiger partial charge in [-0.15, -0.1) is 5.73 Å². The predicted molar refractivity (Wildman–Crippen MR) is 59.3 cm³/mol. The van der Waals surface area contributed by atoms with Gasteiger partial charge in [-0.2, -0.15) is 0 Å². The molecule has 0 bridgehead atoms. The molecule has 0 saturated heterocycles. The molecule has 3 heteroatoms. The van der Waals surface area contributed by atoms with E-state index in [1.165, 1.54) is 6.08 Å². The highest BCUT2D eigenvalue weighted by atomic mass is 16.3. The van der Waals surface area contributed by atoms with Crippen LogP contribution in [0.4, 0.5) is 0 Å². The Morgan fingerprint density at radius 1 is 1.47 bits per heavy atom. The lowest BCUT2D eigenvalue weighted by molar-refractivity contribution is -0.119. The molecule has 0 aromatic carbocycles. The molecule has 0 radical (unpaired) electrons. The second-order valence-electron chi connectivity index (χ2n) is 3.73. The molecule has 1 rings (SSSR count). The quantitative estimate of drug-likeness (QED) is 0.416. The van der Waals surface area contributed by atoms with Crippen molar-refractivity contribution in [3.63, 3.8) is 0 Å². The van der Waals surface area contributed by atoms with Gasteiger partial charge < -0.3 is 10.4 Å². The Bertz CT molecular complexity index is 303. The van der Waals surface area contributed by atoms with Gasteiger partial charge >= 0.3 is 0 Å². The molecule has 0 aromatic rings. The summed E-state index contributed by atoms with van der Waals surface area (Å²) in [6.45, 7) is 6.91. The van der Waals surface area contributed by atoms with Gasteiger partial charge in [-0.05, 0) is 18.9 Å². The Hall–Kier alpha value is -1.31. The molecule has 82 valence electrons. The van der Waals surface area contributed by atoms with Crippen molar-refractivity contribution in [1.29, 1.82) is 0 Å². The van der Waals surface area contributed by atoms with Crippen molar-refractivity contribution >= 4 is 5.91 Å². The molecule has 1 saturated carbocycles. The van der Waals surface area contributed by atoms with Crippen molar-refractivity contribution in [1.82, 2.24) is 5.32 Å². The molecule has 0 aliphatic heterocycles. The van der Waals surface area contributed by atoms with Crippen LogP contribution in [-0.4, -0.2) is 23.2 Å². The van der Waals surface area contributed by atoms with E-state index in [-0.39, 0.29) is 11.9 Å². The molecule has 2 atom stereocenters. The molecule has 2 N–H and O–H groups in total. The highest BCUT2D eigenvalue weighted by molar-refractivity contribution is 5.95. The fraction of sp³-hybridized carbons (Fsp3) is 0.500. The minimum atomic E-state index is -0.432. The van der Waals surface area contributed by atoms with Crippen LogP contribution in [0.2, 0.25) is 0 Å². The Labute approximate surface area is 90.2 Å². The largest absolute Gasteiger partial charge is 0.391 e. The highest BCUT2D eigenvalue weighted by Crippen LogP contribution is 2.18. The predicted octanol–water partition coefficient (Wildman–Crippen LogP) is 1.30. The maximum Gasteiger partial charge on any atom is 0.259 e. The molecule has 3 nitrogen and oxygen atoms in total. The summed E-state index contributed by atoms with van der Waals surface area (Å²) in [5.41, 5.74) is 2.84. The van der Waals surface area contributed by atoms with E-state index in [0.717, 1.165) is 25.7 Å². The monoisotopic (exact) mass is 207 g/mol. The van der Waals surface area contributed by atoms with Crippen molar-refractivity contribution in [2.45, 2.75) is 37.8 Å². The summed E-state index contributed by atoms with van der Waals surface area (Å²) < 4.78 is 0. The molecule has 15 heavy (non-hydrogen) atoms. The van der Waals surface area contributed by atoms with Crippen LogP contribution in [0.1, 0.15) is 25.7 Å². The van der Waals surface area contributed by atoms with Crippen LogP contribution in [0.15, 0.2) is 30.5 Å². The second kappa shape index (κ2) is 5.54. The Morgan fingerprint density at radius 2 is 2.13 bits per heavy atom. The minimum Gasteiger partial charge on any atom is -0.391 e. The van der Waals surface area contributed by atoms with Crippen LogP contribution in [0.3, 0.4) is 0 Å². The zero-order valence-corrected chi connectivity index (χ0v) is 8.83. The number of carbonyl (C=O) groups excluding carboxylic acids is 1. The fourth-order valence-corrected chi connectivity index (χ4v) is 1.77. The van der Waals surface area contributed by atoms with Crippen LogP contribution in [0, 0.1) is 0 Å². The smallest absolute Gasteiger partial charge is 0.259 e. The van der Waals surface area contributed by atoms with Crippen molar-refractivity contribution < 1.29 is 9.90 Å². The first-order valence-corrected chi connectivity index (χ1v) is 5.20. The number of aliphatic hydroxyl groups is 1. The molecule has 1 amide bonds. The maximum absolute atomic E-state index is 11.6. The minimum absolute atomic E-state index is 0.144. The van der Waals surface area contributed by atoms with E-state index < -0.39 is 6.10 Å². The van der Waals surface area contributed by atoms with Crippen molar-refractivity contribution in [2.75, 3.05) is 0 Å². The van der Waals surface area contributed by atoms with E-state index >= 15 is 0 Å². The van der Waals surface area contributed by atoms with Crippen molar-refractivity contribution in [3.05, 3.63) is 30.5 Å². The van der Waals surface area contributed by atoms with Crippen LogP contribution < -0.4 is 5.32 Å². The topological polar surface area (TPSA) is 49.3 Å². The van der Waals surface area contributed by atoms with Gasteiger partial charge in [0.15, 0.2) is 0 Å². The summed E-state index contributed by atoms with van der Waals surface area (Å²) in [6.07, 6.45) is 4.64. The molecule has 1 aliphatic rings. The normalized spacial score (nSPS) is 25.1. The molecule has 1 fully saturated rings. The number of hydrogen-bond donors (Lipinski definition) is 2. The summed E-state index contributed by atoms with van der Waals surface area (Å²) in [6, 6.07) is -0.144. The van der Waals surface area contributed by atoms with E-state index in [2.05, 4.69) is 24.2 Å². The first kappa shape index (κ1) is 11.8. The van der Waals surface area contributed by atoms with Crippen molar-refractivity contribution in [2.24, 2.45) is 0 Å². The summed E-state index contributed by atoms with van der Waals surface area (Å²) in [4.78, 5) is 11.6. The SMILES string of the molecule is C=C=C(C=C)C(=O)NC1CCCCC1O. The molecular formula is C12H17NO2. The lowest BCUT2D eigenvalue weighted by atomic mass is 9.92. The number of aliphatic hydroxyl groups excluding tert-OH is 1. The van der Waals surface area contributed by atoms with E-state index in [4.69, 9.17) is 0 Å². The first-order chi connectivity index (χ1) is 7.19. The highest BCUT2D eigenvalue weighted by Gasteiger charge is 2.24. The summed E-state index contributed by atoms with van der Waals surface area (Å²) in [5.74, 6) is -0.258. The third-order valence-electron chi connectivity index (χ3n) is 2.69. The molecule has 1 aliphatic carbocycles. The molecule has 2 unspecified atom stereocenters. The average Bonchev–Trinajstić information content (AvgIpc) is 2.23. The number of nitrogens with one attached hydrogen (secondary N) is 1. The lowest BCUT2D eigenvalue weighted by Gasteiger charge is -2.28. The van der Waals surface area contributed by atoms with E-state index in [1.54, 1.807) is 0 Å². The number of carbonyl (C=O) groups is 1. The maximum atomic E-state index is 11.6. The zero-order chi connectivity index (χ0) is 11.3. The van der Waals surface area contributed by atoms with E-state index in [1.807, 2.05) is 0 Å². The Balaban J connectivity index is 2.56. The lowest BCUT2D eigenvalue weighted by Crippen LogP contribution is -2.45. The third-order valence-corrected chi connectivity index (χ3v) is 2.69. The van der Waals surface area contributed by atoms with Gasteiger partial charge in [-0.1, -0.05) is 26.0 Å². The van der Waals surface area contributed by atoms with Crippen LogP contribution in [0.25, 0.3) is 0 Å². The van der Waals surface area contributed by atoms with Gasteiger partial charge in [-0.3, -0.25) is 4.79 Å². The summed E-state index contributed by atoms with van der Waals surface area (Å²) in [5, 5.41) is 12.4. The molecule has 0 aromatic heterocycles. The summed E-state index contributed by atoms with van der Waals surface area (Å²) >= 11 is 0. The molecule has 0 spiro atoms. The van der Waals surface area contributed by atoms with Crippen LogP contribution >= 0.6 is 0 Å². The average molecular weight is 207 g/mol. The van der Waals surface area contributed by atoms with Crippen LogP contribution in [-0.2, 0) is 4.79 Å². The van der Waals surface area contributed by atoms with E-state index in [9.17, 15) is 9.90 Å². The Morgan fingerprint density at radius 3 is 2.67 bits per heavy atom. The van der Waals surface area contributed by atoms with Gasteiger partial charge in [0.1, 0.15) is 0 Å². The van der Waals surface area contributed by atoms with Gasteiger partial charge in [0, 0.05) is 0 Å². The Kier molecular flexibility index (Phi) is 4.35. The zero-order valence-electron chi connectivity index (χ0n) is 8.83. The fourth-order valence-electron chi connectivity index (χ4n) is 1.77. The van der Waals surface area contributed by atoms with Gasteiger partial charge in [0.25, 0.3) is 5.91 Å². The number of rotatable bonds is 3. The van der Waals surface area contributed by atoms with E-state index in [0.29, 0.717) is 5.57 Å².